The standard InChI is InChI=1S/C19H25N3O4/c23-19(18-16-4-8-26-17(16)3-5-20-18)21-11-15-13-25-10-7-22(15)6-9-24-12-14-1-2-14/h3-5,8,14-15H,1-2,6-7,9-13H2,(H,21,23). The van der Waals surface area contributed by atoms with E-state index >= 15 is 0 Å². The third-order valence-corrected chi connectivity index (χ3v) is 5.02. The maximum Gasteiger partial charge on any atom is 0.270 e. The van der Waals surface area contributed by atoms with Gasteiger partial charge in [0.2, 0.25) is 0 Å². The molecule has 1 atom stereocenters. The van der Waals surface area contributed by atoms with Gasteiger partial charge in [-0.05, 0) is 30.9 Å². The van der Waals surface area contributed by atoms with Crippen LogP contribution in [0.2, 0.25) is 0 Å². The van der Waals surface area contributed by atoms with E-state index in [1.54, 1.807) is 24.6 Å². The summed E-state index contributed by atoms with van der Waals surface area (Å²) in [5.74, 6) is 0.598. The van der Waals surface area contributed by atoms with Crippen LogP contribution in [0.5, 0.6) is 0 Å². The summed E-state index contributed by atoms with van der Waals surface area (Å²) in [5.41, 5.74) is 1.06. The molecule has 3 heterocycles. The van der Waals surface area contributed by atoms with Crippen LogP contribution in [0.1, 0.15) is 23.3 Å². The number of aromatic nitrogens is 1. The van der Waals surface area contributed by atoms with Gasteiger partial charge in [-0.2, -0.15) is 0 Å². The van der Waals surface area contributed by atoms with E-state index in [4.69, 9.17) is 13.9 Å². The number of carbonyl (C=O) groups is 1. The number of furan rings is 1. The Labute approximate surface area is 152 Å². The Morgan fingerprint density at radius 2 is 2.31 bits per heavy atom. The van der Waals surface area contributed by atoms with Crippen molar-refractivity contribution in [3.05, 3.63) is 30.3 Å². The first-order valence-corrected chi connectivity index (χ1v) is 9.31. The number of pyridine rings is 1. The molecule has 0 radical (unpaired) electrons. The number of hydrogen-bond acceptors (Lipinski definition) is 6. The van der Waals surface area contributed by atoms with Crippen molar-refractivity contribution < 1.29 is 18.7 Å². The summed E-state index contributed by atoms with van der Waals surface area (Å²) < 4.78 is 16.7. The molecule has 7 nitrogen and oxygen atoms in total. The molecule has 26 heavy (non-hydrogen) atoms. The molecule has 1 amide bonds. The fourth-order valence-corrected chi connectivity index (χ4v) is 3.26. The minimum Gasteiger partial charge on any atom is -0.464 e. The second kappa shape index (κ2) is 8.16. The lowest BCUT2D eigenvalue weighted by Gasteiger charge is -2.35. The fraction of sp³-hybridized carbons (Fsp3) is 0.579. The third-order valence-electron chi connectivity index (χ3n) is 5.02. The molecule has 140 valence electrons. The summed E-state index contributed by atoms with van der Waals surface area (Å²) in [5, 5.41) is 3.73. The fourth-order valence-electron chi connectivity index (χ4n) is 3.26. The van der Waals surface area contributed by atoms with Crippen molar-refractivity contribution in [2.45, 2.75) is 18.9 Å². The zero-order valence-corrected chi connectivity index (χ0v) is 14.9. The van der Waals surface area contributed by atoms with Crippen LogP contribution in [0.3, 0.4) is 0 Å². The van der Waals surface area contributed by atoms with Gasteiger partial charge in [-0.1, -0.05) is 0 Å². The second-order valence-corrected chi connectivity index (χ2v) is 6.98. The lowest BCUT2D eigenvalue weighted by Crippen LogP contribution is -2.52. The van der Waals surface area contributed by atoms with E-state index in [0.29, 0.717) is 24.4 Å². The topological polar surface area (TPSA) is 76.8 Å². The number of nitrogens with one attached hydrogen (secondary N) is 1. The molecular formula is C19H25N3O4. The molecule has 0 spiro atoms. The predicted octanol–water partition coefficient (Wildman–Crippen LogP) is 1.68. The molecule has 7 heteroatoms. The van der Waals surface area contributed by atoms with Crippen LogP contribution in [0.4, 0.5) is 0 Å². The number of hydrogen-bond donors (Lipinski definition) is 1. The minimum absolute atomic E-state index is 0.153. The highest BCUT2D eigenvalue weighted by Crippen LogP contribution is 2.28. The lowest BCUT2D eigenvalue weighted by atomic mass is 10.2. The zero-order valence-electron chi connectivity index (χ0n) is 14.9. The van der Waals surface area contributed by atoms with Crippen molar-refractivity contribution in [2.24, 2.45) is 5.92 Å². The molecule has 0 bridgehead atoms. The highest BCUT2D eigenvalue weighted by atomic mass is 16.5. The monoisotopic (exact) mass is 359 g/mol. The Morgan fingerprint density at radius 3 is 3.19 bits per heavy atom. The average molecular weight is 359 g/mol. The first-order chi connectivity index (χ1) is 12.8. The molecule has 4 rings (SSSR count). The van der Waals surface area contributed by atoms with Crippen LogP contribution in [-0.4, -0.2) is 67.9 Å². The largest absolute Gasteiger partial charge is 0.464 e. The van der Waals surface area contributed by atoms with Crippen molar-refractivity contribution in [3.8, 4) is 0 Å². The van der Waals surface area contributed by atoms with Gasteiger partial charge >= 0.3 is 0 Å². The summed E-state index contributed by atoms with van der Waals surface area (Å²) >= 11 is 0. The molecule has 0 aromatic carbocycles. The van der Waals surface area contributed by atoms with Crippen LogP contribution in [0, 0.1) is 5.92 Å². The number of fused-ring (bicyclic) bond motifs is 1. The van der Waals surface area contributed by atoms with E-state index in [1.165, 1.54) is 12.8 Å². The highest BCUT2D eigenvalue weighted by molar-refractivity contribution is 6.03. The van der Waals surface area contributed by atoms with Gasteiger partial charge in [0, 0.05) is 32.4 Å². The molecule has 1 aliphatic heterocycles. The van der Waals surface area contributed by atoms with Crippen LogP contribution >= 0.6 is 0 Å². The van der Waals surface area contributed by atoms with E-state index in [2.05, 4.69) is 15.2 Å². The molecular weight excluding hydrogens is 334 g/mol. The van der Waals surface area contributed by atoms with Gasteiger partial charge < -0.3 is 19.2 Å². The number of ether oxygens (including phenoxy) is 2. The maximum atomic E-state index is 12.5. The molecule has 1 unspecified atom stereocenters. The van der Waals surface area contributed by atoms with Crippen LogP contribution in [0.15, 0.2) is 29.0 Å². The Morgan fingerprint density at radius 1 is 1.38 bits per heavy atom. The average Bonchev–Trinajstić information content (AvgIpc) is 3.37. The molecule has 2 aliphatic rings. The van der Waals surface area contributed by atoms with E-state index in [-0.39, 0.29) is 11.9 Å². The molecule has 1 N–H and O–H groups in total. The van der Waals surface area contributed by atoms with Gasteiger partial charge in [-0.3, -0.25) is 14.7 Å². The smallest absolute Gasteiger partial charge is 0.270 e. The third kappa shape index (κ3) is 4.23. The Bertz CT molecular complexity index is 743. The number of nitrogens with zero attached hydrogens (tertiary/aromatic N) is 2. The van der Waals surface area contributed by atoms with Gasteiger partial charge in [0.1, 0.15) is 11.3 Å². The lowest BCUT2D eigenvalue weighted by molar-refractivity contribution is -0.0198. The molecule has 2 fully saturated rings. The number of carbonyl (C=O) groups excluding carboxylic acids is 1. The quantitative estimate of drug-likeness (QED) is 0.723. The van der Waals surface area contributed by atoms with Gasteiger partial charge in [0.05, 0.1) is 37.5 Å². The molecule has 1 aliphatic carbocycles. The summed E-state index contributed by atoms with van der Waals surface area (Å²) in [4.78, 5) is 19.1. The van der Waals surface area contributed by atoms with Crippen molar-refractivity contribution in [3.63, 3.8) is 0 Å². The second-order valence-electron chi connectivity index (χ2n) is 6.98. The Hall–Kier alpha value is -1.96. The van der Waals surface area contributed by atoms with E-state index < -0.39 is 0 Å². The highest BCUT2D eigenvalue weighted by Gasteiger charge is 2.25. The Balaban J connectivity index is 1.29. The normalized spacial score (nSPS) is 21.2. The van der Waals surface area contributed by atoms with Gasteiger partial charge in [-0.15, -0.1) is 0 Å². The summed E-state index contributed by atoms with van der Waals surface area (Å²) in [6.45, 7) is 5.21. The molecule has 1 saturated heterocycles. The van der Waals surface area contributed by atoms with Crippen molar-refractivity contribution in [1.82, 2.24) is 15.2 Å². The van der Waals surface area contributed by atoms with Gasteiger partial charge in [-0.25, -0.2) is 0 Å². The first-order valence-electron chi connectivity index (χ1n) is 9.31. The van der Waals surface area contributed by atoms with Crippen LogP contribution in [0.25, 0.3) is 11.0 Å². The summed E-state index contributed by atoms with van der Waals surface area (Å²) in [6, 6.07) is 3.68. The molecule has 1 saturated carbocycles. The maximum absolute atomic E-state index is 12.5. The minimum atomic E-state index is -0.187. The van der Waals surface area contributed by atoms with E-state index in [0.717, 1.165) is 44.2 Å². The van der Waals surface area contributed by atoms with Crippen molar-refractivity contribution >= 4 is 16.9 Å². The summed E-state index contributed by atoms with van der Waals surface area (Å²) in [7, 11) is 0. The first kappa shape index (κ1) is 17.5. The Kier molecular flexibility index (Phi) is 5.48. The van der Waals surface area contributed by atoms with Crippen LogP contribution in [-0.2, 0) is 9.47 Å². The van der Waals surface area contributed by atoms with E-state index in [1.807, 2.05) is 0 Å². The molecule has 2 aromatic heterocycles. The van der Waals surface area contributed by atoms with Crippen LogP contribution < -0.4 is 5.32 Å². The number of amides is 1. The van der Waals surface area contributed by atoms with Crippen molar-refractivity contribution in [2.75, 3.05) is 46.1 Å². The summed E-state index contributed by atoms with van der Waals surface area (Å²) in [6.07, 6.45) is 5.78. The van der Waals surface area contributed by atoms with Gasteiger partial charge in [0.25, 0.3) is 5.91 Å². The number of morpholine rings is 1. The molecule has 2 aromatic rings. The van der Waals surface area contributed by atoms with Gasteiger partial charge in [0.15, 0.2) is 0 Å². The number of rotatable bonds is 8. The van der Waals surface area contributed by atoms with Crippen molar-refractivity contribution in [1.29, 1.82) is 0 Å². The SMILES string of the molecule is O=C(NCC1COCCN1CCOCC1CC1)c1nccc2occc12. The van der Waals surface area contributed by atoms with E-state index in [9.17, 15) is 4.79 Å². The zero-order chi connectivity index (χ0) is 17.8. The predicted molar refractivity (Wildman–Crippen MR) is 96.1 cm³/mol.